The highest BCUT2D eigenvalue weighted by Crippen LogP contribution is 2.25. The van der Waals surface area contributed by atoms with Crippen LogP contribution in [0.5, 0.6) is 0 Å². The molecule has 1 aliphatic rings. The molecule has 0 spiro atoms. The van der Waals surface area contributed by atoms with Gasteiger partial charge in [-0.1, -0.05) is 18.5 Å². The number of nitrogens with two attached hydrogens (primary N) is 1. The molecule has 2 heterocycles. The summed E-state index contributed by atoms with van der Waals surface area (Å²) in [5, 5.41) is 3.94. The number of aryl methyl sites for hydroxylation is 1. The van der Waals surface area contributed by atoms with E-state index >= 15 is 0 Å². The summed E-state index contributed by atoms with van der Waals surface area (Å²) in [7, 11) is 0. The molecule has 1 fully saturated rings. The number of carbonyl (C=O) groups excluding carboxylic acids is 1. The Kier molecular flexibility index (Phi) is 3.24. The van der Waals surface area contributed by atoms with Crippen LogP contribution in [0.25, 0.3) is 0 Å². The summed E-state index contributed by atoms with van der Waals surface area (Å²) in [6, 6.07) is 1.85. The monoisotopic (exact) mass is 223 g/mol. The molecule has 0 bridgehead atoms. The normalized spacial score (nSPS) is 20.8. The molecule has 5 nitrogen and oxygen atoms in total. The van der Waals surface area contributed by atoms with Crippen LogP contribution >= 0.6 is 0 Å². The van der Waals surface area contributed by atoms with E-state index in [4.69, 9.17) is 10.3 Å². The van der Waals surface area contributed by atoms with Crippen LogP contribution < -0.4 is 10.6 Å². The average Bonchev–Trinajstić information content (AvgIpc) is 2.85. The number of hydrogen-bond acceptors (Lipinski definition) is 4. The fourth-order valence-corrected chi connectivity index (χ4v) is 1.95. The van der Waals surface area contributed by atoms with Gasteiger partial charge < -0.3 is 10.3 Å². The molecule has 1 unspecified atom stereocenters. The lowest BCUT2D eigenvalue weighted by Crippen LogP contribution is -2.25. The molecule has 0 radical (unpaired) electrons. The van der Waals surface area contributed by atoms with Gasteiger partial charge in [-0.3, -0.25) is 9.69 Å². The zero-order valence-electron chi connectivity index (χ0n) is 9.48. The number of hydrogen-bond donors (Lipinski definition) is 1. The van der Waals surface area contributed by atoms with Crippen LogP contribution in [0.15, 0.2) is 10.6 Å². The van der Waals surface area contributed by atoms with E-state index in [1.54, 1.807) is 4.90 Å². The Morgan fingerprint density at radius 3 is 3.12 bits per heavy atom. The Hall–Kier alpha value is -1.36. The Morgan fingerprint density at radius 1 is 1.69 bits per heavy atom. The topological polar surface area (TPSA) is 72.4 Å². The molecule has 0 aromatic carbocycles. The van der Waals surface area contributed by atoms with Crippen LogP contribution in [-0.2, 0) is 11.2 Å². The molecule has 1 aliphatic heterocycles. The summed E-state index contributed by atoms with van der Waals surface area (Å²) in [5.41, 5.74) is 6.47. The van der Waals surface area contributed by atoms with Crippen molar-refractivity contribution < 1.29 is 9.32 Å². The summed E-state index contributed by atoms with van der Waals surface area (Å²) >= 11 is 0. The van der Waals surface area contributed by atoms with Gasteiger partial charge in [-0.05, 0) is 18.9 Å². The van der Waals surface area contributed by atoms with Crippen molar-refractivity contribution in [1.82, 2.24) is 5.16 Å². The average molecular weight is 223 g/mol. The standard InChI is InChI=1S/C11H17N3O2/c1-2-3-9-5-11(16-13-9)14-7-8(6-12)4-10(14)15/h5,8H,2-4,6-7,12H2,1H3. The highest BCUT2D eigenvalue weighted by Gasteiger charge is 2.31. The van der Waals surface area contributed by atoms with Crippen LogP contribution in [0.3, 0.4) is 0 Å². The summed E-state index contributed by atoms with van der Waals surface area (Å²) < 4.78 is 5.18. The first-order valence-corrected chi connectivity index (χ1v) is 5.70. The van der Waals surface area contributed by atoms with Gasteiger partial charge in [-0.15, -0.1) is 0 Å². The van der Waals surface area contributed by atoms with Crippen molar-refractivity contribution in [3.05, 3.63) is 11.8 Å². The predicted molar refractivity (Wildman–Crippen MR) is 60.0 cm³/mol. The van der Waals surface area contributed by atoms with Crippen molar-refractivity contribution in [2.75, 3.05) is 18.0 Å². The highest BCUT2D eigenvalue weighted by atomic mass is 16.5. The molecule has 1 aromatic rings. The second kappa shape index (κ2) is 4.65. The van der Waals surface area contributed by atoms with Gasteiger partial charge in [-0.2, -0.15) is 0 Å². The van der Waals surface area contributed by atoms with E-state index < -0.39 is 0 Å². The molecular formula is C11H17N3O2. The van der Waals surface area contributed by atoms with E-state index in [1.165, 1.54) is 0 Å². The minimum absolute atomic E-state index is 0.0784. The molecule has 88 valence electrons. The highest BCUT2D eigenvalue weighted by molar-refractivity contribution is 5.94. The van der Waals surface area contributed by atoms with Gasteiger partial charge in [0, 0.05) is 19.0 Å². The third-order valence-electron chi connectivity index (χ3n) is 2.86. The lowest BCUT2D eigenvalue weighted by atomic mass is 10.1. The fraction of sp³-hybridized carbons (Fsp3) is 0.636. The Labute approximate surface area is 94.6 Å². The van der Waals surface area contributed by atoms with Crippen LogP contribution in [0.2, 0.25) is 0 Å². The third-order valence-corrected chi connectivity index (χ3v) is 2.86. The number of carbonyl (C=O) groups is 1. The molecule has 1 aromatic heterocycles. The molecule has 1 amide bonds. The minimum atomic E-state index is 0.0784. The first-order chi connectivity index (χ1) is 7.74. The van der Waals surface area contributed by atoms with Crippen molar-refractivity contribution in [2.45, 2.75) is 26.2 Å². The number of anilines is 1. The SMILES string of the molecule is CCCc1cc(N2CC(CN)CC2=O)on1. The van der Waals surface area contributed by atoms with Gasteiger partial charge >= 0.3 is 0 Å². The van der Waals surface area contributed by atoms with Gasteiger partial charge in [0.25, 0.3) is 0 Å². The van der Waals surface area contributed by atoms with Crippen LogP contribution in [0.1, 0.15) is 25.5 Å². The Balaban J connectivity index is 2.09. The Morgan fingerprint density at radius 2 is 2.50 bits per heavy atom. The maximum atomic E-state index is 11.7. The van der Waals surface area contributed by atoms with Gasteiger partial charge in [0.2, 0.25) is 11.8 Å². The van der Waals surface area contributed by atoms with Crippen molar-refractivity contribution in [3.63, 3.8) is 0 Å². The van der Waals surface area contributed by atoms with E-state index in [9.17, 15) is 4.79 Å². The lowest BCUT2D eigenvalue weighted by molar-refractivity contribution is -0.117. The summed E-state index contributed by atoms with van der Waals surface area (Å²) in [6.07, 6.45) is 2.41. The molecule has 0 saturated carbocycles. The molecule has 1 saturated heterocycles. The van der Waals surface area contributed by atoms with Crippen molar-refractivity contribution >= 4 is 11.8 Å². The number of nitrogens with zero attached hydrogens (tertiary/aromatic N) is 2. The molecule has 0 aliphatic carbocycles. The molecular weight excluding hydrogens is 206 g/mol. The first-order valence-electron chi connectivity index (χ1n) is 5.70. The third kappa shape index (κ3) is 2.09. The second-order valence-corrected chi connectivity index (χ2v) is 4.22. The predicted octanol–water partition coefficient (Wildman–Crippen LogP) is 0.939. The smallest absolute Gasteiger partial charge is 0.234 e. The summed E-state index contributed by atoms with van der Waals surface area (Å²) in [6.45, 7) is 3.27. The first kappa shape index (κ1) is 11.1. The number of rotatable bonds is 4. The number of amides is 1. The molecule has 2 rings (SSSR count). The Bertz CT molecular complexity index is 375. The van der Waals surface area contributed by atoms with Gasteiger partial charge in [0.05, 0.1) is 5.69 Å². The fourth-order valence-electron chi connectivity index (χ4n) is 1.95. The maximum Gasteiger partial charge on any atom is 0.234 e. The molecule has 16 heavy (non-hydrogen) atoms. The minimum Gasteiger partial charge on any atom is -0.338 e. The van der Waals surface area contributed by atoms with Crippen molar-refractivity contribution in [1.29, 1.82) is 0 Å². The van der Waals surface area contributed by atoms with Crippen LogP contribution in [0, 0.1) is 5.92 Å². The van der Waals surface area contributed by atoms with E-state index in [2.05, 4.69) is 12.1 Å². The summed E-state index contributed by atoms with van der Waals surface area (Å²) in [5.74, 6) is 0.881. The molecule has 1 atom stereocenters. The van der Waals surface area contributed by atoms with Crippen molar-refractivity contribution in [3.8, 4) is 0 Å². The maximum absolute atomic E-state index is 11.7. The molecule has 5 heteroatoms. The quantitative estimate of drug-likeness (QED) is 0.824. The largest absolute Gasteiger partial charge is 0.338 e. The summed E-state index contributed by atoms with van der Waals surface area (Å²) in [4.78, 5) is 13.3. The molecule has 2 N–H and O–H groups in total. The van der Waals surface area contributed by atoms with E-state index in [0.29, 0.717) is 25.4 Å². The second-order valence-electron chi connectivity index (χ2n) is 4.22. The van der Waals surface area contributed by atoms with Gasteiger partial charge in [0.15, 0.2) is 0 Å². The number of aromatic nitrogens is 1. The van der Waals surface area contributed by atoms with E-state index in [0.717, 1.165) is 18.5 Å². The van der Waals surface area contributed by atoms with E-state index in [1.807, 2.05) is 6.07 Å². The van der Waals surface area contributed by atoms with Gasteiger partial charge in [0.1, 0.15) is 0 Å². The van der Waals surface area contributed by atoms with Crippen molar-refractivity contribution in [2.24, 2.45) is 11.7 Å². The van der Waals surface area contributed by atoms with E-state index in [-0.39, 0.29) is 11.8 Å². The lowest BCUT2D eigenvalue weighted by Gasteiger charge is -2.10. The van der Waals surface area contributed by atoms with Crippen LogP contribution in [-0.4, -0.2) is 24.2 Å². The zero-order valence-corrected chi connectivity index (χ0v) is 9.48. The van der Waals surface area contributed by atoms with Gasteiger partial charge in [-0.25, -0.2) is 0 Å². The van der Waals surface area contributed by atoms with Crippen LogP contribution in [0.4, 0.5) is 5.88 Å². The zero-order chi connectivity index (χ0) is 11.5.